The molecule has 0 unspecified atom stereocenters. The minimum atomic E-state index is -0.285. The highest BCUT2D eigenvalue weighted by Crippen LogP contribution is 2.14. The maximum absolute atomic E-state index is 11.1. The number of ether oxygens (including phenoxy) is 1. The molecule has 0 aromatic carbocycles. The summed E-state index contributed by atoms with van der Waals surface area (Å²) in [5.74, 6) is 0.291. The molecule has 0 aromatic heterocycles. The van der Waals surface area contributed by atoms with Gasteiger partial charge < -0.3 is 4.74 Å². The average Bonchev–Trinajstić information content (AvgIpc) is 1.87. The number of carbonyl (C=O) groups is 1. The lowest BCUT2D eigenvalue weighted by Crippen LogP contribution is -2.26. The van der Waals surface area contributed by atoms with Crippen LogP contribution in [0.4, 0.5) is 0 Å². The van der Waals surface area contributed by atoms with E-state index in [0.717, 1.165) is 6.42 Å². The Labute approximate surface area is 68.9 Å². The van der Waals surface area contributed by atoms with E-state index in [2.05, 4.69) is 0 Å². The van der Waals surface area contributed by atoms with Gasteiger partial charge in [-0.3, -0.25) is 4.79 Å². The average molecular weight is 158 g/mol. The number of ketones is 1. The Hall–Kier alpha value is -0.370. The maximum atomic E-state index is 11.1. The molecule has 2 heteroatoms. The van der Waals surface area contributed by atoms with Crippen LogP contribution >= 0.6 is 0 Å². The summed E-state index contributed by atoms with van der Waals surface area (Å²) in [5.41, 5.74) is -0.285. The van der Waals surface area contributed by atoms with Gasteiger partial charge in [0.15, 0.2) is 0 Å². The molecule has 2 nitrogen and oxygen atoms in total. The molecule has 0 spiro atoms. The highest BCUT2D eigenvalue weighted by Gasteiger charge is 2.19. The first-order valence-electron chi connectivity index (χ1n) is 4.08. The standard InChI is InChI=1S/C9H18O2/c1-5-6-8(10)7-9(2,3)11-4/h5-7H2,1-4H3. The Morgan fingerprint density at radius 3 is 2.36 bits per heavy atom. The molecule has 0 aliphatic carbocycles. The summed E-state index contributed by atoms with van der Waals surface area (Å²) in [6.45, 7) is 5.87. The predicted octanol–water partition coefficient (Wildman–Crippen LogP) is 2.17. The van der Waals surface area contributed by atoms with Gasteiger partial charge in [0.1, 0.15) is 5.78 Å². The molecule has 0 fully saturated rings. The van der Waals surface area contributed by atoms with Gasteiger partial charge >= 0.3 is 0 Å². The lowest BCUT2D eigenvalue weighted by atomic mass is 9.99. The van der Waals surface area contributed by atoms with Crippen LogP contribution in [0.2, 0.25) is 0 Å². The van der Waals surface area contributed by atoms with Crippen LogP contribution < -0.4 is 0 Å². The zero-order valence-corrected chi connectivity index (χ0v) is 7.94. The van der Waals surface area contributed by atoms with Gasteiger partial charge in [-0.05, 0) is 20.3 Å². The summed E-state index contributed by atoms with van der Waals surface area (Å²) in [7, 11) is 1.64. The van der Waals surface area contributed by atoms with Crippen molar-refractivity contribution in [1.29, 1.82) is 0 Å². The molecule has 0 saturated carbocycles. The number of hydrogen-bond donors (Lipinski definition) is 0. The largest absolute Gasteiger partial charge is 0.378 e. The van der Waals surface area contributed by atoms with Crippen molar-refractivity contribution in [2.75, 3.05) is 7.11 Å². The smallest absolute Gasteiger partial charge is 0.135 e. The quantitative estimate of drug-likeness (QED) is 0.613. The van der Waals surface area contributed by atoms with Crippen LogP contribution in [0, 0.1) is 0 Å². The van der Waals surface area contributed by atoms with Crippen molar-refractivity contribution in [2.24, 2.45) is 0 Å². The van der Waals surface area contributed by atoms with Gasteiger partial charge in [0, 0.05) is 20.0 Å². The summed E-state index contributed by atoms with van der Waals surface area (Å²) in [6, 6.07) is 0. The van der Waals surface area contributed by atoms with Crippen LogP contribution in [-0.2, 0) is 9.53 Å². The van der Waals surface area contributed by atoms with Crippen LogP contribution in [0.15, 0.2) is 0 Å². The van der Waals surface area contributed by atoms with E-state index in [1.807, 2.05) is 20.8 Å². The third-order valence-corrected chi connectivity index (χ3v) is 1.70. The summed E-state index contributed by atoms with van der Waals surface area (Å²) in [6.07, 6.45) is 2.13. The summed E-state index contributed by atoms with van der Waals surface area (Å²) < 4.78 is 5.13. The monoisotopic (exact) mass is 158 g/mol. The van der Waals surface area contributed by atoms with Crippen LogP contribution in [0.1, 0.15) is 40.0 Å². The minimum Gasteiger partial charge on any atom is -0.378 e. The Morgan fingerprint density at radius 2 is 2.00 bits per heavy atom. The number of hydrogen-bond acceptors (Lipinski definition) is 2. The number of Topliss-reactive ketones (excluding diaryl/α,β-unsaturated/α-hetero) is 1. The van der Waals surface area contributed by atoms with Crippen LogP contribution in [-0.4, -0.2) is 18.5 Å². The second-order valence-corrected chi connectivity index (χ2v) is 3.43. The first kappa shape index (κ1) is 10.6. The lowest BCUT2D eigenvalue weighted by Gasteiger charge is -2.21. The molecular formula is C9H18O2. The second-order valence-electron chi connectivity index (χ2n) is 3.43. The van der Waals surface area contributed by atoms with Crippen molar-refractivity contribution in [1.82, 2.24) is 0 Å². The lowest BCUT2D eigenvalue weighted by molar-refractivity contribution is -0.124. The predicted molar refractivity (Wildman–Crippen MR) is 45.6 cm³/mol. The van der Waals surface area contributed by atoms with E-state index in [-0.39, 0.29) is 5.60 Å². The van der Waals surface area contributed by atoms with Gasteiger partial charge in [0.25, 0.3) is 0 Å². The first-order chi connectivity index (χ1) is 5.02. The molecule has 0 radical (unpaired) electrons. The number of carbonyl (C=O) groups excluding carboxylic acids is 1. The SMILES string of the molecule is CCCC(=O)CC(C)(C)OC. The van der Waals surface area contributed by atoms with Crippen molar-refractivity contribution in [3.8, 4) is 0 Å². The normalized spacial score (nSPS) is 11.6. The molecule has 0 atom stereocenters. The van der Waals surface area contributed by atoms with E-state index in [0.29, 0.717) is 18.6 Å². The molecule has 0 saturated heterocycles. The van der Waals surface area contributed by atoms with Gasteiger partial charge in [-0.2, -0.15) is 0 Å². The summed E-state index contributed by atoms with van der Waals surface area (Å²) in [4.78, 5) is 11.1. The van der Waals surface area contributed by atoms with E-state index in [9.17, 15) is 4.79 Å². The van der Waals surface area contributed by atoms with E-state index in [1.165, 1.54) is 0 Å². The molecule has 0 heterocycles. The van der Waals surface area contributed by atoms with Crippen molar-refractivity contribution in [3.63, 3.8) is 0 Å². The van der Waals surface area contributed by atoms with Crippen molar-refractivity contribution in [2.45, 2.75) is 45.6 Å². The third-order valence-electron chi connectivity index (χ3n) is 1.70. The van der Waals surface area contributed by atoms with E-state index < -0.39 is 0 Å². The van der Waals surface area contributed by atoms with Crippen molar-refractivity contribution < 1.29 is 9.53 Å². The van der Waals surface area contributed by atoms with Crippen LogP contribution in [0.5, 0.6) is 0 Å². The van der Waals surface area contributed by atoms with Crippen LogP contribution in [0.3, 0.4) is 0 Å². The first-order valence-corrected chi connectivity index (χ1v) is 4.08. The van der Waals surface area contributed by atoms with Crippen molar-refractivity contribution in [3.05, 3.63) is 0 Å². The number of rotatable bonds is 5. The van der Waals surface area contributed by atoms with Gasteiger partial charge in [-0.25, -0.2) is 0 Å². The topological polar surface area (TPSA) is 26.3 Å². The molecule has 0 aliphatic heterocycles. The fraction of sp³-hybridized carbons (Fsp3) is 0.889. The summed E-state index contributed by atoms with van der Waals surface area (Å²) >= 11 is 0. The number of methoxy groups -OCH3 is 1. The van der Waals surface area contributed by atoms with Crippen molar-refractivity contribution >= 4 is 5.78 Å². The Balaban J connectivity index is 3.74. The molecule has 11 heavy (non-hydrogen) atoms. The van der Waals surface area contributed by atoms with Crippen LogP contribution in [0.25, 0.3) is 0 Å². The maximum Gasteiger partial charge on any atom is 0.135 e. The van der Waals surface area contributed by atoms with Gasteiger partial charge in [-0.1, -0.05) is 6.92 Å². The minimum absolute atomic E-state index is 0.285. The molecule has 0 aliphatic rings. The highest BCUT2D eigenvalue weighted by molar-refractivity contribution is 5.79. The zero-order chi connectivity index (χ0) is 8.91. The third kappa shape index (κ3) is 4.96. The highest BCUT2D eigenvalue weighted by atomic mass is 16.5. The molecule has 0 bridgehead atoms. The van der Waals surface area contributed by atoms with E-state index >= 15 is 0 Å². The van der Waals surface area contributed by atoms with Gasteiger partial charge in [0.05, 0.1) is 5.60 Å². The second kappa shape index (κ2) is 4.50. The molecule has 0 amide bonds. The fourth-order valence-electron chi connectivity index (χ4n) is 0.914. The molecule has 0 aromatic rings. The molecular weight excluding hydrogens is 140 g/mol. The Bertz CT molecular complexity index is 128. The molecule has 0 rings (SSSR count). The van der Waals surface area contributed by atoms with Gasteiger partial charge in [-0.15, -0.1) is 0 Å². The molecule has 66 valence electrons. The molecule has 0 N–H and O–H groups in total. The van der Waals surface area contributed by atoms with E-state index in [1.54, 1.807) is 7.11 Å². The fourth-order valence-corrected chi connectivity index (χ4v) is 0.914. The van der Waals surface area contributed by atoms with Gasteiger partial charge in [0.2, 0.25) is 0 Å². The van der Waals surface area contributed by atoms with E-state index in [4.69, 9.17) is 4.74 Å². The summed E-state index contributed by atoms with van der Waals surface area (Å²) in [5, 5.41) is 0. The zero-order valence-electron chi connectivity index (χ0n) is 7.94. The Morgan fingerprint density at radius 1 is 1.45 bits per heavy atom. The Kier molecular flexibility index (Phi) is 4.34.